The van der Waals surface area contributed by atoms with E-state index >= 15 is 0 Å². The minimum absolute atomic E-state index is 0.401. The van der Waals surface area contributed by atoms with E-state index in [1.165, 1.54) is 4.88 Å². The Balaban J connectivity index is 2.16. The molecule has 0 unspecified atom stereocenters. The van der Waals surface area contributed by atoms with Gasteiger partial charge in [-0.2, -0.15) is 0 Å². The average molecular weight is 253 g/mol. The van der Waals surface area contributed by atoms with Crippen LogP contribution in [-0.2, 0) is 16.1 Å². The zero-order valence-electron chi connectivity index (χ0n) is 10.2. The summed E-state index contributed by atoms with van der Waals surface area (Å²) in [6, 6.07) is 4.04. The number of nitrogens with two attached hydrogens (primary N) is 1. The summed E-state index contributed by atoms with van der Waals surface area (Å²) in [7, 11) is 0. The van der Waals surface area contributed by atoms with Gasteiger partial charge in [0.2, 0.25) is 0 Å². The first kappa shape index (κ1) is 14.2. The van der Waals surface area contributed by atoms with Crippen LogP contribution in [0.4, 0.5) is 0 Å². The molecule has 0 aliphatic carbocycles. The first-order valence-corrected chi connectivity index (χ1v) is 6.61. The largest absolute Gasteiger partial charge is 0.379 e. The predicted octanol–water partition coefficient (Wildman–Crippen LogP) is 2.00. The molecular weight excluding hydrogens is 234 g/mol. The summed E-state index contributed by atoms with van der Waals surface area (Å²) in [4.78, 5) is 2.22. The molecule has 0 atom stereocenters. The summed E-state index contributed by atoms with van der Waals surface area (Å²) in [6.45, 7) is 5.24. The molecule has 0 saturated carbocycles. The maximum Gasteiger partial charge on any atom is 0.0810 e. The standard InChI is InChI=1S/C13H19NO2S/c1-2-8-15-9-10-16-11-13-6-5-12(17-13)4-3-7-14/h5-6H,2,7-11,14H2,1H3. The highest BCUT2D eigenvalue weighted by atomic mass is 32.1. The van der Waals surface area contributed by atoms with Crippen LogP contribution >= 0.6 is 11.3 Å². The van der Waals surface area contributed by atoms with Crippen molar-refractivity contribution in [1.82, 2.24) is 0 Å². The van der Waals surface area contributed by atoms with Crippen LogP contribution in [-0.4, -0.2) is 26.4 Å². The summed E-state index contributed by atoms with van der Waals surface area (Å²) >= 11 is 1.65. The van der Waals surface area contributed by atoms with Gasteiger partial charge in [-0.1, -0.05) is 18.8 Å². The van der Waals surface area contributed by atoms with E-state index in [9.17, 15) is 0 Å². The van der Waals surface area contributed by atoms with E-state index in [-0.39, 0.29) is 0 Å². The Bertz CT molecular complexity index is 365. The van der Waals surface area contributed by atoms with Crippen molar-refractivity contribution in [2.24, 2.45) is 5.73 Å². The van der Waals surface area contributed by atoms with Crippen LogP contribution in [0.5, 0.6) is 0 Å². The number of hydrogen-bond acceptors (Lipinski definition) is 4. The van der Waals surface area contributed by atoms with Gasteiger partial charge in [0.1, 0.15) is 0 Å². The molecule has 3 nitrogen and oxygen atoms in total. The maximum absolute atomic E-state index is 5.50. The fourth-order valence-corrected chi connectivity index (χ4v) is 2.02. The predicted molar refractivity (Wildman–Crippen MR) is 71.0 cm³/mol. The van der Waals surface area contributed by atoms with Crippen LogP contribution in [0.3, 0.4) is 0 Å². The van der Waals surface area contributed by atoms with Crippen LogP contribution < -0.4 is 5.73 Å². The monoisotopic (exact) mass is 253 g/mol. The van der Waals surface area contributed by atoms with Gasteiger partial charge in [0.25, 0.3) is 0 Å². The first-order valence-electron chi connectivity index (χ1n) is 5.80. The van der Waals surface area contributed by atoms with E-state index in [1.54, 1.807) is 11.3 Å². The third-order valence-electron chi connectivity index (χ3n) is 1.94. The molecule has 1 aromatic rings. The van der Waals surface area contributed by atoms with Crippen LogP contribution in [0, 0.1) is 11.8 Å². The molecule has 0 radical (unpaired) electrons. The Morgan fingerprint density at radius 3 is 2.82 bits per heavy atom. The molecule has 0 aliphatic heterocycles. The Kier molecular flexibility index (Phi) is 7.69. The third kappa shape index (κ3) is 6.44. The zero-order valence-corrected chi connectivity index (χ0v) is 11.0. The summed E-state index contributed by atoms with van der Waals surface area (Å²) in [5.41, 5.74) is 5.31. The van der Waals surface area contributed by atoms with Gasteiger partial charge in [0.15, 0.2) is 0 Å². The fraction of sp³-hybridized carbons (Fsp3) is 0.538. The van der Waals surface area contributed by atoms with Gasteiger partial charge < -0.3 is 15.2 Å². The average Bonchev–Trinajstić information content (AvgIpc) is 2.79. The lowest BCUT2D eigenvalue weighted by Crippen LogP contribution is -2.04. The van der Waals surface area contributed by atoms with Gasteiger partial charge in [0.05, 0.1) is 31.2 Å². The van der Waals surface area contributed by atoms with Gasteiger partial charge >= 0.3 is 0 Å². The minimum atomic E-state index is 0.401. The van der Waals surface area contributed by atoms with E-state index in [0.717, 1.165) is 17.9 Å². The molecule has 2 N–H and O–H groups in total. The fourth-order valence-electron chi connectivity index (χ4n) is 1.20. The molecule has 1 aromatic heterocycles. The number of hydrogen-bond donors (Lipinski definition) is 1. The highest BCUT2D eigenvalue weighted by Crippen LogP contribution is 2.16. The molecule has 0 aliphatic rings. The van der Waals surface area contributed by atoms with E-state index in [4.69, 9.17) is 15.2 Å². The third-order valence-corrected chi connectivity index (χ3v) is 2.91. The molecular formula is C13H19NO2S. The van der Waals surface area contributed by atoms with E-state index in [1.807, 2.05) is 12.1 Å². The summed E-state index contributed by atoms with van der Waals surface area (Å²) in [6.07, 6.45) is 1.05. The molecule has 17 heavy (non-hydrogen) atoms. The molecule has 0 aromatic carbocycles. The Morgan fingerprint density at radius 1 is 1.24 bits per heavy atom. The van der Waals surface area contributed by atoms with Crippen molar-refractivity contribution in [1.29, 1.82) is 0 Å². The number of ether oxygens (including phenoxy) is 2. The Morgan fingerprint density at radius 2 is 2.06 bits per heavy atom. The molecule has 0 saturated heterocycles. The van der Waals surface area contributed by atoms with Crippen molar-refractivity contribution in [2.45, 2.75) is 20.0 Å². The SMILES string of the molecule is CCCOCCOCc1ccc(C#CCN)s1. The molecule has 0 bridgehead atoms. The molecule has 4 heteroatoms. The first-order chi connectivity index (χ1) is 8.36. The van der Waals surface area contributed by atoms with Crippen molar-refractivity contribution in [3.63, 3.8) is 0 Å². The number of thiophene rings is 1. The van der Waals surface area contributed by atoms with E-state index < -0.39 is 0 Å². The molecule has 1 rings (SSSR count). The summed E-state index contributed by atoms with van der Waals surface area (Å²) in [5.74, 6) is 5.84. The van der Waals surface area contributed by atoms with Crippen LogP contribution in [0.1, 0.15) is 23.1 Å². The maximum atomic E-state index is 5.50. The summed E-state index contributed by atoms with van der Waals surface area (Å²) in [5, 5.41) is 0. The van der Waals surface area contributed by atoms with E-state index in [2.05, 4.69) is 18.8 Å². The van der Waals surface area contributed by atoms with Crippen LogP contribution in [0.2, 0.25) is 0 Å². The molecule has 0 spiro atoms. The lowest BCUT2D eigenvalue weighted by atomic mass is 10.4. The normalized spacial score (nSPS) is 10.0. The van der Waals surface area contributed by atoms with Crippen LogP contribution in [0.25, 0.3) is 0 Å². The molecule has 1 heterocycles. The van der Waals surface area contributed by atoms with Gasteiger partial charge in [-0.25, -0.2) is 0 Å². The van der Waals surface area contributed by atoms with Crippen molar-refractivity contribution in [3.8, 4) is 11.8 Å². The smallest absolute Gasteiger partial charge is 0.0810 e. The topological polar surface area (TPSA) is 44.5 Å². The second-order valence-corrected chi connectivity index (χ2v) is 4.61. The van der Waals surface area contributed by atoms with Crippen molar-refractivity contribution < 1.29 is 9.47 Å². The molecule has 0 amide bonds. The zero-order chi connectivity index (χ0) is 12.3. The Hall–Kier alpha value is -0.860. The number of rotatable bonds is 7. The highest BCUT2D eigenvalue weighted by molar-refractivity contribution is 7.12. The van der Waals surface area contributed by atoms with E-state index in [0.29, 0.717) is 26.4 Å². The van der Waals surface area contributed by atoms with Gasteiger partial charge in [-0.3, -0.25) is 0 Å². The van der Waals surface area contributed by atoms with Gasteiger partial charge in [0, 0.05) is 11.5 Å². The second-order valence-electron chi connectivity index (χ2n) is 3.44. The minimum Gasteiger partial charge on any atom is -0.379 e. The summed E-state index contributed by atoms with van der Waals surface area (Å²) < 4.78 is 10.8. The van der Waals surface area contributed by atoms with Gasteiger partial charge in [-0.15, -0.1) is 11.3 Å². The van der Waals surface area contributed by atoms with Crippen molar-refractivity contribution in [2.75, 3.05) is 26.4 Å². The second kappa shape index (κ2) is 9.20. The molecule has 94 valence electrons. The van der Waals surface area contributed by atoms with Gasteiger partial charge in [-0.05, 0) is 18.6 Å². The molecule has 0 fully saturated rings. The quantitative estimate of drug-likeness (QED) is 0.597. The Labute approximate surface area is 107 Å². The van der Waals surface area contributed by atoms with Crippen molar-refractivity contribution >= 4 is 11.3 Å². The van der Waals surface area contributed by atoms with Crippen LogP contribution in [0.15, 0.2) is 12.1 Å². The highest BCUT2D eigenvalue weighted by Gasteiger charge is 1.98. The lowest BCUT2D eigenvalue weighted by Gasteiger charge is -2.03. The lowest BCUT2D eigenvalue weighted by molar-refractivity contribution is 0.0417. The van der Waals surface area contributed by atoms with Crippen molar-refractivity contribution in [3.05, 3.63) is 21.9 Å².